The third-order valence-corrected chi connectivity index (χ3v) is 4.22. The van der Waals surface area contributed by atoms with Crippen molar-refractivity contribution in [1.29, 1.82) is 0 Å². The van der Waals surface area contributed by atoms with E-state index in [0.29, 0.717) is 5.52 Å². The maximum atomic E-state index is 14.5. The molecular formula is C21H21FN4. The Kier molecular flexibility index (Phi) is 4.98. The van der Waals surface area contributed by atoms with Crippen molar-refractivity contribution >= 4 is 22.3 Å². The van der Waals surface area contributed by atoms with E-state index in [9.17, 15) is 4.39 Å². The van der Waals surface area contributed by atoms with Gasteiger partial charge in [-0.05, 0) is 67.9 Å². The van der Waals surface area contributed by atoms with E-state index in [1.807, 2.05) is 63.3 Å². The Hall–Kier alpha value is -3.21. The lowest BCUT2D eigenvalue weighted by Gasteiger charge is -2.09. The standard InChI is InChI=1S/C21H21FN4/c1-5-7-8-14(3)16-11-18(22)21-20(12-16)26(25-24-21)17-10-9-15(4)19(13-17)23-6-2/h5-13,23H,2H2,1,3-4H3/b7-5-,14-8+. The number of hydrogen-bond donors (Lipinski definition) is 1. The van der Waals surface area contributed by atoms with Crippen molar-refractivity contribution in [3.8, 4) is 5.69 Å². The SMILES string of the molecule is C=CNc1cc(-n2nnc3c(F)cc(/C(C)=C/C=C\C)cc32)ccc1C. The highest BCUT2D eigenvalue weighted by Gasteiger charge is 2.14. The summed E-state index contributed by atoms with van der Waals surface area (Å²) in [4.78, 5) is 0. The zero-order chi connectivity index (χ0) is 18.7. The summed E-state index contributed by atoms with van der Waals surface area (Å²) in [6.45, 7) is 9.60. The monoisotopic (exact) mass is 348 g/mol. The highest BCUT2D eigenvalue weighted by Crippen LogP contribution is 2.26. The Morgan fingerprint density at radius 1 is 1.27 bits per heavy atom. The molecule has 0 radical (unpaired) electrons. The maximum Gasteiger partial charge on any atom is 0.153 e. The van der Waals surface area contributed by atoms with Crippen LogP contribution in [0.15, 0.2) is 61.3 Å². The predicted molar refractivity (Wildman–Crippen MR) is 106 cm³/mol. The van der Waals surface area contributed by atoms with Crippen LogP contribution in [-0.2, 0) is 0 Å². The van der Waals surface area contributed by atoms with Gasteiger partial charge in [0, 0.05) is 5.69 Å². The van der Waals surface area contributed by atoms with Crippen LogP contribution < -0.4 is 5.32 Å². The van der Waals surface area contributed by atoms with E-state index in [1.165, 1.54) is 6.07 Å². The summed E-state index contributed by atoms with van der Waals surface area (Å²) in [6, 6.07) is 9.26. The van der Waals surface area contributed by atoms with Crippen molar-refractivity contribution < 1.29 is 4.39 Å². The molecule has 3 rings (SSSR count). The van der Waals surface area contributed by atoms with Gasteiger partial charge in [-0.2, -0.15) is 0 Å². The predicted octanol–water partition coefficient (Wildman–Crippen LogP) is 5.40. The fourth-order valence-electron chi connectivity index (χ4n) is 2.74. The number of nitrogens with one attached hydrogen (secondary N) is 1. The molecule has 1 heterocycles. The molecule has 0 atom stereocenters. The molecule has 0 aliphatic heterocycles. The Morgan fingerprint density at radius 2 is 2.08 bits per heavy atom. The average molecular weight is 348 g/mol. The van der Waals surface area contributed by atoms with Crippen LogP contribution in [-0.4, -0.2) is 15.0 Å². The molecular weight excluding hydrogens is 327 g/mol. The van der Waals surface area contributed by atoms with Crippen LogP contribution in [0.3, 0.4) is 0 Å². The van der Waals surface area contributed by atoms with Gasteiger partial charge in [0.2, 0.25) is 0 Å². The summed E-state index contributed by atoms with van der Waals surface area (Å²) < 4.78 is 16.2. The number of benzene rings is 2. The number of allylic oxidation sites excluding steroid dienone is 4. The Balaban J connectivity index is 2.17. The Morgan fingerprint density at radius 3 is 2.81 bits per heavy atom. The topological polar surface area (TPSA) is 42.7 Å². The van der Waals surface area contributed by atoms with E-state index in [4.69, 9.17) is 0 Å². The van der Waals surface area contributed by atoms with Gasteiger partial charge in [-0.25, -0.2) is 9.07 Å². The van der Waals surface area contributed by atoms with E-state index >= 15 is 0 Å². The van der Waals surface area contributed by atoms with Crippen molar-refractivity contribution in [2.45, 2.75) is 20.8 Å². The van der Waals surface area contributed by atoms with Gasteiger partial charge in [0.1, 0.15) is 5.52 Å². The summed E-state index contributed by atoms with van der Waals surface area (Å²) in [5.41, 5.74) is 5.45. The first-order valence-corrected chi connectivity index (χ1v) is 8.38. The minimum Gasteiger partial charge on any atom is -0.362 e. The summed E-state index contributed by atoms with van der Waals surface area (Å²) in [6.07, 6.45) is 7.44. The molecule has 1 N–H and O–H groups in total. The van der Waals surface area contributed by atoms with Gasteiger partial charge >= 0.3 is 0 Å². The molecule has 0 amide bonds. The van der Waals surface area contributed by atoms with Crippen molar-refractivity contribution in [2.75, 3.05) is 5.32 Å². The molecule has 5 heteroatoms. The fourth-order valence-corrected chi connectivity index (χ4v) is 2.74. The van der Waals surface area contributed by atoms with E-state index in [2.05, 4.69) is 22.2 Å². The van der Waals surface area contributed by atoms with E-state index < -0.39 is 0 Å². The van der Waals surface area contributed by atoms with Gasteiger partial charge < -0.3 is 5.32 Å². The quantitative estimate of drug-likeness (QED) is 0.628. The van der Waals surface area contributed by atoms with Crippen LogP contribution in [0, 0.1) is 12.7 Å². The molecule has 0 saturated heterocycles. The van der Waals surface area contributed by atoms with Gasteiger partial charge in [0.15, 0.2) is 5.82 Å². The normalized spacial score (nSPS) is 12.1. The molecule has 4 nitrogen and oxygen atoms in total. The largest absolute Gasteiger partial charge is 0.362 e. The van der Waals surface area contributed by atoms with Crippen LogP contribution in [0.5, 0.6) is 0 Å². The minimum atomic E-state index is -0.381. The maximum absolute atomic E-state index is 14.5. The van der Waals surface area contributed by atoms with Crippen molar-refractivity contribution in [3.63, 3.8) is 0 Å². The first kappa shape index (κ1) is 17.6. The second kappa shape index (κ2) is 7.35. The van der Waals surface area contributed by atoms with Crippen molar-refractivity contribution in [1.82, 2.24) is 15.0 Å². The smallest absolute Gasteiger partial charge is 0.153 e. The molecule has 0 aliphatic rings. The molecule has 0 unspecified atom stereocenters. The van der Waals surface area contributed by atoms with Gasteiger partial charge in [-0.15, -0.1) is 5.10 Å². The van der Waals surface area contributed by atoms with Gasteiger partial charge in [-0.3, -0.25) is 0 Å². The average Bonchev–Trinajstić information content (AvgIpc) is 3.06. The highest BCUT2D eigenvalue weighted by atomic mass is 19.1. The third-order valence-electron chi connectivity index (χ3n) is 4.22. The summed E-state index contributed by atoms with van der Waals surface area (Å²) in [5, 5.41) is 11.3. The number of aromatic nitrogens is 3. The summed E-state index contributed by atoms with van der Waals surface area (Å²) in [7, 11) is 0. The number of fused-ring (bicyclic) bond motifs is 1. The lowest BCUT2D eigenvalue weighted by Crippen LogP contribution is -1.99. The summed E-state index contributed by atoms with van der Waals surface area (Å²) in [5.74, 6) is -0.381. The van der Waals surface area contributed by atoms with Crippen LogP contribution in [0.25, 0.3) is 22.3 Å². The number of aryl methyl sites for hydroxylation is 1. The fraction of sp³-hybridized carbons (Fsp3) is 0.143. The molecule has 0 aliphatic carbocycles. The van der Waals surface area contributed by atoms with E-state index in [0.717, 1.165) is 28.1 Å². The number of rotatable bonds is 5. The van der Waals surface area contributed by atoms with Crippen LogP contribution >= 0.6 is 0 Å². The molecule has 0 saturated carbocycles. The van der Waals surface area contributed by atoms with E-state index in [-0.39, 0.29) is 11.3 Å². The van der Waals surface area contributed by atoms with Gasteiger partial charge in [0.05, 0.1) is 11.2 Å². The van der Waals surface area contributed by atoms with Crippen LogP contribution in [0.1, 0.15) is 25.0 Å². The van der Waals surface area contributed by atoms with E-state index in [1.54, 1.807) is 10.9 Å². The second-order valence-corrected chi connectivity index (χ2v) is 6.05. The van der Waals surface area contributed by atoms with Crippen molar-refractivity contribution in [2.24, 2.45) is 0 Å². The molecule has 1 aromatic heterocycles. The molecule has 0 spiro atoms. The zero-order valence-corrected chi connectivity index (χ0v) is 15.1. The summed E-state index contributed by atoms with van der Waals surface area (Å²) >= 11 is 0. The third kappa shape index (κ3) is 3.28. The molecule has 0 bridgehead atoms. The Labute approximate surface area is 152 Å². The van der Waals surface area contributed by atoms with Crippen LogP contribution in [0.2, 0.25) is 0 Å². The number of anilines is 1. The molecule has 132 valence electrons. The molecule has 0 fully saturated rings. The highest BCUT2D eigenvalue weighted by molar-refractivity contribution is 5.82. The molecule has 2 aromatic carbocycles. The molecule has 26 heavy (non-hydrogen) atoms. The number of hydrogen-bond acceptors (Lipinski definition) is 3. The number of nitrogens with zero attached hydrogens (tertiary/aromatic N) is 3. The first-order chi connectivity index (χ1) is 12.5. The second-order valence-electron chi connectivity index (χ2n) is 6.05. The Bertz CT molecular complexity index is 1030. The van der Waals surface area contributed by atoms with Gasteiger partial charge in [-0.1, -0.05) is 36.1 Å². The van der Waals surface area contributed by atoms with Crippen LogP contribution in [0.4, 0.5) is 10.1 Å². The lowest BCUT2D eigenvalue weighted by atomic mass is 10.1. The lowest BCUT2D eigenvalue weighted by molar-refractivity contribution is 0.635. The minimum absolute atomic E-state index is 0.256. The van der Waals surface area contributed by atoms with Crippen molar-refractivity contribution in [3.05, 3.63) is 78.3 Å². The zero-order valence-electron chi connectivity index (χ0n) is 15.1. The molecule has 3 aromatic rings. The first-order valence-electron chi connectivity index (χ1n) is 8.38. The number of halogens is 1. The van der Waals surface area contributed by atoms with Gasteiger partial charge in [0.25, 0.3) is 0 Å².